The van der Waals surface area contributed by atoms with Crippen LogP contribution in [0.3, 0.4) is 0 Å². The van der Waals surface area contributed by atoms with Crippen molar-refractivity contribution >= 4 is 11.9 Å². The summed E-state index contributed by atoms with van der Waals surface area (Å²) in [7, 11) is 0. The van der Waals surface area contributed by atoms with Gasteiger partial charge in [-0.3, -0.25) is 0 Å². The molecule has 0 radical (unpaired) electrons. The topological polar surface area (TPSA) is 94.8 Å². The molecule has 0 saturated heterocycles. The number of rotatable bonds is 2. The smallest absolute Gasteiger partial charge is 0.328 e. The number of carbonyl (C=O) groups is 2. The number of carboxylic acid groups (broad SMARTS) is 2. The zero-order chi connectivity index (χ0) is 11.7. The van der Waals surface area contributed by atoms with Gasteiger partial charge in [-0.15, -0.1) is 0 Å². The van der Waals surface area contributed by atoms with Gasteiger partial charge in [0, 0.05) is 12.2 Å². The highest BCUT2D eigenvalue weighted by atomic mass is 16.4. The van der Waals surface area contributed by atoms with Crippen molar-refractivity contribution in [1.29, 1.82) is 0 Å². The summed E-state index contributed by atoms with van der Waals surface area (Å²) in [5, 5.41) is 24.5. The highest BCUT2D eigenvalue weighted by Gasteiger charge is 2.07. The average Bonchev–Trinajstić information content (AvgIpc) is 2.17. The maximum atomic E-state index is 9.55. The Hall–Kier alpha value is -1.36. The molecule has 5 heteroatoms. The Morgan fingerprint density at radius 2 is 1.33 bits per heavy atom. The molecule has 0 aromatic rings. The molecule has 1 rings (SSSR count). The summed E-state index contributed by atoms with van der Waals surface area (Å²) < 4.78 is 0. The Bertz CT molecular complexity index is 212. The molecule has 1 fully saturated rings. The number of hydrogen-bond acceptors (Lipinski definition) is 3. The first kappa shape index (κ1) is 13.6. The molecule has 0 bridgehead atoms. The maximum Gasteiger partial charge on any atom is 0.328 e. The lowest BCUT2D eigenvalue weighted by molar-refractivity contribution is -0.134. The first-order valence-corrected chi connectivity index (χ1v) is 4.84. The molecule has 1 aliphatic rings. The Kier molecular flexibility index (Phi) is 7.27. The summed E-state index contributed by atoms with van der Waals surface area (Å²) in [4.78, 5) is 19.1. The largest absolute Gasteiger partial charge is 0.478 e. The van der Waals surface area contributed by atoms with E-state index in [0.717, 1.165) is 12.8 Å². The fourth-order valence-electron chi connectivity index (χ4n) is 1.22. The number of carboxylic acids is 2. The van der Waals surface area contributed by atoms with Crippen molar-refractivity contribution < 1.29 is 24.9 Å². The van der Waals surface area contributed by atoms with E-state index >= 15 is 0 Å². The van der Waals surface area contributed by atoms with Crippen molar-refractivity contribution in [1.82, 2.24) is 0 Å². The van der Waals surface area contributed by atoms with E-state index in [1.54, 1.807) is 0 Å². The molecule has 5 nitrogen and oxygen atoms in total. The van der Waals surface area contributed by atoms with E-state index in [1.165, 1.54) is 19.3 Å². The lowest BCUT2D eigenvalue weighted by Gasteiger charge is -2.14. The van der Waals surface area contributed by atoms with Crippen molar-refractivity contribution in [3.63, 3.8) is 0 Å². The van der Waals surface area contributed by atoms with E-state index in [0.29, 0.717) is 12.2 Å². The van der Waals surface area contributed by atoms with Gasteiger partial charge in [0.05, 0.1) is 6.10 Å². The predicted molar refractivity (Wildman–Crippen MR) is 53.5 cm³/mol. The van der Waals surface area contributed by atoms with Gasteiger partial charge in [-0.05, 0) is 12.8 Å². The van der Waals surface area contributed by atoms with Crippen LogP contribution in [0.1, 0.15) is 32.1 Å². The minimum atomic E-state index is -1.26. The summed E-state index contributed by atoms with van der Waals surface area (Å²) in [6, 6.07) is 0. The molecule has 1 saturated carbocycles. The molecule has 0 aromatic heterocycles. The molecule has 0 aliphatic heterocycles. The van der Waals surface area contributed by atoms with Gasteiger partial charge in [0.2, 0.25) is 0 Å². The van der Waals surface area contributed by atoms with Gasteiger partial charge in [-0.25, -0.2) is 9.59 Å². The van der Waals surface area contributed by atoms with Gasteiger partial charge in [0.25, 0.3) is 0 Å². The number of hydrogen-bond donors (Lipinski definition) is 3. The molecule has 0 spiro atoms. The summed E-state index contributed by atoms with van der Waals surface area (Å²) >= 11 is 0. The third kappa shape index (κ3) is 10.6. The van der Waals surface area contributed by atoms with E-state index in [2.05, 4.69) is 0 Å². The van der Waals surface area contributed by atoms with Gasteiger partial charge in [0.1, 0.15) is 0 Å². The fourth-order valence-corrected chi connectivity index (χ4v) is 1.22. The molecule has 15 heavy (non-hydrogen) atoms. The van der Waals surface area contributed by atoms with Crippen LogP contribution in [0.2, 0.25) is 0 Å². The number of aliphatic carboxylic acids is 2. The van der Waals surface area contributed by atoms with Crippen LogP contribution in [0, 0.1) is 0 Å². The summed E-state index contributed by atoms with van der Waals surface area (Å²) in [6.07, 6.45) is 7.04. The number of aliphatic hydroxyl groups excluding tert-OH is 1. The van der Waals surface area contributed by atoms with Crippen LogP contribution < -0.4 is 0 Å². The van der Waals surface area contributed by atoms with Crippen molar-refractivity contribution in [2.45, 2.75) is 38.2 Å². The Morgan fingerprint density at radius 3 is 1.53 bits per heavy atom. The Morgan fingerprint density at radius 1 is 0.933 bits per heavy atom. The predicted octanol–water partition coefficient (Wildman–Crippen LogP) is 1.02. The van der Waals surface area contributed by atoms with Crippen LogP contribution >= 0.6 is 0 Å². The molecule has 0 heterocycles. The summed E-state index contributed by atoms with van der Waals surface area (Å²) in [5.74, 6) is -2.51. The van der Waals surface area contributed by atoms with E-state index in [-0.39, 0.29) is 6.10 Å². The van der Waals surface area contributed by atoms with Crippen LogP contribution in [0.4, 0.5) is 0 Å². The molecule has 0 unspecified atom stereocenters. The van der Waals surface area contributed by atoms with Gasteiger partial charge < -0.3 is 15.3 Å². The Labute approximate surface area is 88.0 Å². The fraction of sp³-hybridized carbons (Fsp3) is 0.600. The van der Waals surface area contributed by atoms with Crippen LogP contribution in [-0.2, 0) is 9.59 Å². The third-order valence-corrected chi connectivity index (χ3v) is 1.94. The second-order valence-electron chi connectivity index (χ2n) is 3.30. The summed E-state index contributed by atoms with van der Waals surface area (Å²) in [6.45, 7) is 0. The third-order valence-electron chi connectivity index (χ3n) is 1.94. The van der Waals surface area contributed by atoms with Gasteiger partial charge in [-0.2, -0.15) is 0 Å². The highest BCUT2D eigenvalue weighted by molar-refractivity contribution is 5.89. The molecular formula is C10H16O5. The van der Waals surface area contributed by atoms with Crippen LogP contribution in [-0.4, -0.2) is 33.4 Å². The molecule has 86 valence electrons. The van der Waals surface area contributed by atoms with Crippen molar-refractivity contribution in [3.05, 3.63) is 12.2 Å². The van der Waals surface area contributed by atoms with E-state index in [9.17, 15) is 9.59 Å². The first-order valence-electron chi connectivity index (χ1n) is 4.84. The zero-order valence-electron chi connectivity index (χ0n) is 8.43. The van der Waals surface area contributed by atoms with Crippen molar-refractivity contribution in [2.24, 2.45) is 0 Å². The first-order chi connectivity index (χ1) is 7.02. The van der Waals surface area contributed by atoms with E-state index in [1.807, 2.05) is 0 Å². The molecule has 0 atom stereocenters. The van der Waals surface area contributed by atoms with Gasteiger partial charge in [0.15, 0.2) is 0 Å². The lowest BCUT2D eigenvalue weighted by Crippen LogP contribution is -2.09. The van der Waals surface area contributed by atoms with Crippen LogP contribution in [0.15, 0.2) is 12.2 Å². The van der Waals surface area contributed by atoms with Crippen molar-refractivity contribution in [2.75, 3.05) is 0 Å². The molecule has 1 aliphatic carbocycles. The van der Waals surface area contributed by atoms with Gasteiger partial charge in [-0.1, -0.05) is 19.3 Å². The monoisotopic (exact) mass is 216 g/mol. The zero-order valence-corrected chi connectivity index (χ0v) is 8.43. The molecular weight excluding hydrogens is 200 g/mol. The quantitative estimate of drug-likeness (QED) is 0.599. The molecule has 0 amide bonds. The second-order valence-corrected chi connectivity index (χ2v) is 3.30. The SMILES string of the molecule is O=C(O)/C=C/C(=O)O.OC1CCCCC1. The molecule has 3 N–H and O–H groups in total. The van der Waals surface area contributed by atoms with Gasteiger partial charge >= 0.3 is 11.9 Å². The highest BCUT2D eigenvalue weighted by Crippen LogP contribution is 2.16. The van der Waals surface area contributed by atoms with Crippen molar-refractivity contribution in [3.8, 4) is 0 Å². The van der Waals surface area contributed by atoms with E-state index in [4.69, 9.17) is 15.3 Å². The lowest BCUT2D eigenvalue weighted by atomic mass is 9.98. The Balaban J connectivity index is 0.000000262. The minimum absolute atomic E-state index is 0.0359. The minimum Gasteiger partial charge on any atom is -0.478 e. The normalized spacial score (nSPS) is 16.9. The standard InChI is InChI=1S/C6H12O.C4H4O4/c7-6-4-2-1-3-5-6;5-3(6)1-2-4(7)8/h6-7H,1-5H2;1-2H,(H,5,6)(H,7,8)/b;2-1+. The van der Waals surface area contributed by atoms with E-state index < -0.39 is 11.9 Å². The van der Waals surface area contributed by atoms with Crippen LogP contribution in [0.25, 0.3) is 0 Å². The van der Waals surface area contributed by atoms with Crippen LogP contribution in [0.5, 0.6) is 0 Å². The second kappa shape index (κ2) is 7.99. The average molecular weight is 216 g/mol. The maximum absolute atomic E-state index is 9.55. The summed E-state index contributed by atoms with van der Waals surface area (Å²) in [5.41, 5.74) is 0. The molecule has 0 aromatic carbocycles. The number of aliphatic hydroxyl groups is 1.